The SMILES string of the molecule is CNC(=O)c1nn(C)cc1NC(=O)c1c(SC)nsc1SC. The van der Waals surface area contributed by atoms with Gasteiger partial charge in [-0.3, -0.25) is 14.3 Å². The molecule has 10 heteroatoms. The fraction of sp³-hybridized carbons (Fsp3) is 0.333. The van der Waals surface area contributed by atoms with Crippen LogP contribution in [0.2, 0.25) is 0 Å². The van der Waals surface area contributed by atoms with Crippen LogP contribution >= 0.6 is 35.1 Å². The zero-order chi connectivity index (χ0) is 16.3. The van der Waals surface area contributed by atoms with Gasteiger partial charge in [-0.2, -0.15) is 9.47 Å². The number of carbonyl (C=O) groups is 2. The van der Waals surface area contributed by atoms with Crippen molar-refractivity contribution >= 4 is 52.6 Å². The molecule has 0 bridgehead atoms. The molecule has 0 aliphatic heterocycles. The Kier molecular flexibility index (Phi) is 5.48. The van der Waals surface area contributed by atoms with Crippen LogP contribution in [0.4, 0.5) is 5.69 Å². The van der Waals surface area contributed by atoms with E-state index in [1.165, 1.54) is 46.8 Å². The second-order valence-electron chi connectivity index (χ2n) is 4.16. The van der Waals surface area contributed by atoms with Crippen LogP contribution in [-0.2, 0) is 7.05 Å². The van der Waals surface area contributed by atoms with Crippen molar-refractivity contribution in [2.24, 2.45) is 7.05 Å². The molecule has 0 spiro atoms. The molecular formula is C12H15N5O2S3. The molecule has 0 atom stereocenters. The molecule has 0 aliphatic rings. The van der Waals surface area contributed by atoms with E-state index in [2.05, 4.69) is 20.1 Å². The van der Waals surface area contributed by atoms with E-state index in [4.69, 9.17) is 0 Å². The van der Waals surface area contributed by atoms with E-state index in [9.17, 15) is 9.59 Å². The van der Waals surface area contributed by atoms with Gasteiger partial charge in [-0.25, -0.2) is 0 Å². The molecule has 0 aliphatic carbocycles. The molecule has 2 heterocycles. The van der Waals surface area contributed by atoms with E-state index in [-0.39, 0.29) is 17.5 Å². The van der Waals surface area contributed by atoms with E-state index in [1.54, 1.807) is 13.2 Å². The van der Waals surface area contributed by atoms with Crippen molar-refractivity contribution in [3.63, 3.8) is 0 Å². The quantitative estimate of drug-likeness (QED) is 0.795. The average molecular weight is 357 g/mol. The number of nitrogens with zero attached hydrogens (tertiary/aromatic N) is 3. The van der Waals surface area contributed by atoms with Crippen molar-refractivity contribution in [3.8, 4) is 0 Å². The first-order chi connectivity index (χ1) is 10.5. The molecule has 2 N–H and O–H groups in total. The summed E-state index contributed by atoms with van der Waals surface area (Å²) in [5, 5.41) is 10.0. The van der Waals surface area contributed by atoms with Crippen molar-refractivity contribution in [2.75, 3.05) is 24.9 Å². The van der Waals surface area contributed by atoms with Gasteiger partial charge in [-0.15, -0.1) is 23.5 Å². The number of amides is 2. The van der Waals surface area contributed by atoms with E-state index < -0.39 is 0 Å². The van der Waals surface area contributed by atoms with Gasteiger partial charge in [0.05, 0.1) is 15.5 Å². The number of thioether (sulfide) groups is 2. The Balaban J connectivity index is 2.34. The summed E-state index contributed by atoms with van der Waals surface area (Å²) in [7, 11) is 3.21. The van der Waals surface area contributed by atoms with Gasteiger partial charge in [-0.1, -0.05) is 0 Å². The van der Waals surface area contributed by atoms with E-state index in [1.807, 2.05) is 12.5 Å². The van der Waals surface area contributed by atoms with Gasteiger partial charge in [0, 0.05) is 20.3 Å². The third-order valence-electron chi connectivity index (χ3n) is 2.75. The number of aryl methyl sites for hydroxylation is 1. The average Bonchev–Trinajstić information content (AvgIpc) is 3.09. The number of hydrogen-bond donors (Lipinski definition) is 2. The summed E-state index contributed by atoms with van der Waals surface area (Å²) >= 11 is 4.18. The van der Waals surface area contributed by atoms with Crippen LogP contribution in [-0.4, -0.2) is 45.5 Å². The smallest absolute Gasteiger partial charge is 0.273 e. The molecular weight excluding hydrogens is 342 g/mol. The van der Waals surface area contributed by atoms with Gasteiger partial charge >= 0.3 is 0 Å². The summed E-state index contributed by atoms with van der Waals surface area (Å²) in [6.45, 7) is 0. The van der Waals surface area contributed by atoms with Gasteiger partial charge in [0.15, 0.2) is 5.69 Å². The van der Waals surface area contributed by atoms with Crippen LogP contribution in [0.3, 0.4) is 0 Å². The third kappa shape index (κ3) is 3.28. The minimum absolute atomic E-state index is 0.179. The predicted molar refractivity (Wildman–Crippen MR) is 90.2 cm³/mol. The van der Waals surface area contributed by atoms with Gasteiger partial charge in [0.25, 0.3) is 11.8 Å². The summed E-state index contributed by atoms with van der Waals surface area (Å²) in [4.78, 5) is 24.4. The lowest BCUT2D eigenvalue weighted by molar-refractivity contribution is 0.0958. The fourth-order valence-electron chi connectivity index (χ4n) is 1.78. The summed E-state index contributed by atoms with van der Waals surface area (Å²) in [6.07, 6.45) is 5.37. The van der Waals surface area contributed by atoms with Gasteiger partial charge < -0.3 is 10.6 Å². The molecule has 22 heavy (non-hydrogen) atoms. The molecule has 2 rings (SSSR count). The Hall–Kier alpha value is -1.52. The number of anilines is 1. The van der Waals surface area contributed by atoms with Crippen LogP contribution in [0.5, 0.6) is 0 Å². The van der Waals surface area contributed by atoms with Crippen molar-refractivity contribution in [3.05, 3.63) is 17.5 Å². The molecule has 118 valence electrons. The maximum atomic E-state index is 12.6. The summed E-state index contributed by atoms with van der Waals surface area (Å²) < 4.78 is 6.59. The first kappa shape index (κ1) is 16.8. The topological polar surface area (TPSA) is 88.9 Å². The Bertz CT molecular complexity index is 688. The third-order valence-corrected chi connectivity index (χ3v) is 5.49. The maximum absolute atomic E-state index is 12.6. The first-order valence-corrected chi connectivity index (χ1v) is 9.38. The Morgan fingerprint density at radius 1 is 1.27 bits per heavy atom. The highest BCUT2D eigenvalue weighted by Gasteiger charge is 2.23. The summed E-state index contributed by atoms with van der Waals surface area (Å²) in [5.41, 5.74) is 1.09. The van der Waals surface area contributed by atoms with Gasteiger partial charge in [0.2, 0.25) is 0 Å². The fourth-order valence-corrected chi connectivity index (χ4v) is 4.06. The lowest BCUT2D eigenvalue weighted by atomic mass is 10.3. The van der Waals surface area contributed by atoms with Crippen molar-refractivity contribution in [1.29, 1.82) is 0 Å². The van der Waals surface area contributed by atoms with Crippen molar-refractivity contribution in [1.82, 2.24) is 19.5 Å². The Morgan fingerprint density at radius 3 is 2.59 bits per heavy atom. The first-order valence-electron chi connectivity index (χ1n) is 6.16. The van der Waals surface area contributed by atoms with Gasteiger partial charge in [-0.05, 0) is 24.0 Å². The lowest BCUT2D eigenvalue weighted by Crippen LogP contribution is -2.21. The van der Waals surface area contributed by atoms with Crippen LogP contribution in [0.25, 0.3) is 0 Å². The maximum Gasteiger partial charge on any atom is 0.273 e. The molecule has 2 aromatic heterocycles. The van der Waals surface area contributed by atoms with Crippen LogP contribution < -0.4 is 10.6 Å². The standard InChI is InChI=1S/C12H15N5O2S3/c1-13-10(19)8-6(5-17(2)15-8)14-9(18)7-11(20-3)16-22-12(7)21-4/h5H,1-4H3,(H,13,19)(H,14,18). The number of rotatable bonds is 5. The molecule has 0 saturated heterocycles. The minimum atomic E-state index is -0.352. The molecule has 0 saturated carbocycles. The highest BCUT2D eigenvalue weighted by Crippen LogP contribution is 2.33. The molecule has 2 aromatic rings. The molecule has 0 unspecified atom stereocenters. The Morgan fingerprint density at radius 2 is 2.00 bits per heavy atom. The minimum Gasteiger partial charge on any atom is -0.354 e. The largest absolute Gasteiger partial charge is 0.354 e. The van der Waals surface area contributed by atoms with Crippen LogP contribution in [0.15, 0.2) is 15.4 Å². The van der Waals surface area contributed by atoms with E-state index in [0.717, 1.165) is 4.21 Å². The molecule has 2 amide bonds. The highest BCUT2D eigenvalue weighted by atomic mass is 32.2. The normalized spacial score (nSPS) is 10.5. The Labute approximate surface area is 140 Å². The van der Waals surface area contributed by atoms with Crippen LogP contribution in [0, 0.1) is 0 Å². The van der Waals surface area contributed by atoms with E-state index in [0.29, 0.717) is 16.3 Å². The monoisotopic (exact) mass is 357 g/mol. The van der Waals surface area contributed by atoms with Gasteiger partial charge in [0.1, 0.15) is 5.03 Å². The number of carbonyl (C=O) groups excluding carboxylic acids is 2. The summed E-state index contributed by atoms with van der Waals surface area (Å²) in [6, 6.07) is 0. The van der Waals surface area contributed by atoms with Crippen LogP contribution in [0.1, 0.15) is 20.8 Å². The zero-order valence-corrected chi connectivity index (χ0v) is 14.9. The molecule has 0 radical (unpaired) electrons. The van der Waals surface area contributed by atoms with Crippen molar-refractivity contribution < 1.29 is 9.59 Å². The predicted octanol–water partition coefficient (Wildman–Crippen LogP) is 1.93. The number of nitrogens with one attached hydrogen (secondary N) is 2. The number of hydrogen-bond acceptors (Lipinski definition) is 7. The van der Waals surface area contributed by atoms with Crippen molar-refractivity contribution in [2.45, 2.75) is 9.24 Å². The molecule has 0 fully saturated rings. The molecule has 7 nitrogen and oxygen atoms in total. The zero-order valence-electron chi connectivity index (χ0n) is 12.5. The van der Waals surface area contributed by atoms with E-state index >= 15 is 0 Å². The second-order valence-corrected chi connectivity index (χ2v) is 6.80. The lowest BCUT2D eigenvalue weighted by Gasteiger charge is -2.05. The number of aromatic nitrogens is 3. The second kappa shape index (κ2) is 7.16. The molecule has 0 aromatic carbocycles. The highest BCUT2D eigenvalue weighted by molar-refractivity contribution is 8.01. The summed E-state index contributed by atoms with van der Waals surface area (Å²) in [5.74, 6) is -0.643.